The molecule has 0 aliphatic carbocycles. The number of nitrogens with zero attached hydrogens (tertiary/aromatic N) is 3. The number of hydrogen-bond acceptors (Lipinski definition) is 2. The molecule has 1 aromatic rings. The van der Waals surface area contributed by atoms with Gasteiger partial charge in [-0.15, -0.1) is 0 Å². The summed E-state index contributed by atoms with van der Waals surface area (Å²) in [6.07, 6.45) is 4.47. The van der Waals surface area contributed by atoms with E-state index in [2.05, 4.69) is 24.9 Å². The predicted molar refractivity (Wildman–Crippen MR) is 51.3 cm³/mol. The molecule has 1 unspecified atom stereocenters. The van der Waals surface area contributed by atoms with E-state index in [-0.39, 0.29) is 6.04 Å². The van der Waals surface area contributed by atoms with Gasteiger partial charge in [0.2, 0.25) is 0 Å². The Morgan fingerprint density at radius 1 is 1.62 bits per heavy atom. The maximum atomic E-state index is 8.91. The van der Waals surface area contributed by atoms with E-state index in [0.717, 1.165) is 12.2 Å². The molecule has 1 rings (SSSR count). The number of hydrogen-bond donors (Lipinski definition) is 0. The molecular formula is C10H15N3. The second-order valence-corrected chi connectivity index (χ2v) is 3.40. The zero-order valence-corrected chi connectivity index (χ0v) is 8.36. The molecule has 0 aliphatic heterocycles. The predicted octanol–water partition coefficient (Wildman–Crippen LogP) is 2.48. The smallest absolute Gasteiger partial charge is 0.121 e. The second-order valence-electron chi connectivity index (χ2n) is 3.40. The Kier molecular flexibility index (Phi) is 3.07. The van der Waals surface area contributed by atoms with Crippen LogP contribution in [-0.4, -0.2) is 9.55 Å². The van der Waals surface area contributed by atoms with Crippen molar-refractivity contribution in [1.29, 1.82) is 5.26 Å². The van der Waals surface area contributed by atoms with Gasteiger partial charge in [0.25, 0.3) is 0 Å². The zero-order valence-electron chi connectivity index (χ0n) is 8.36. The maximum Gasteiger partial charge on any atom is 0.121 e. The van der Waals surface area contributed by atoms with Gasteiger partial charge in [0.15, 0.2) is 0 Å². The third kappa shape index (κ3) is 1.89. The van der Waals surface area contributed by atoms with E-state index in [1.165, 1.54) is 0 Å². The summed E-state index contributed by atoms with van der Waals surface area (Å²) >= 11 is 0. The first-order chi connectivity index (χ1) is 6.20. The summed E-state index contributed by atoms with van der Waals surface area (Å²) in [4.78, 5) is 4.24. The van der Waals surface area contributed by atoms with Crippen molar-refractivity contribution < 1.29 is 0 Å². The standard InChI is InChI=1S/C10H15N3/c1-4-9(7-11)13-6-5-12-10(13)8(2)3/h5-6,8-9H,4H2,1-3H3. The van der Waals surface area contributed by atoms with E-state index in [0.29, 0.717) is 5.92 Å². The molecule has 70 valence electrons. The van der Waals surface area contributed by atoms with E-state index in [1.807, 2.05) is 17.7 Å². The van der Waals surface area contributed by atoms with Gasteiger partial charge < -0.3 is 4.57 Å². The van der Waals surface area contributed by atoms with Crippen molar-refractivity contribution in [3.05, 3.63) is 18.2 Å². The van der Waals surface area contributed by atoms with Crippen LogP contribution in [0.4, 0.5) is 0 Å². The lowest BCUT2D eigenvalue weighted by Gasteiger charge is -2.13. The van der Waals surface area contributed by atoms with Crippen molar-refractivity contribution in [2.75, 3.05) is 0 Å². The number of imidazole rings is 1. The van der Waals surface area contributed by atoms with Crippen molar-refractivity contribution in [3.63, 3.8) is 0 Å². The monoisotopic (exact) mass is 177 g/mol. The summed E-state index contributed by atoms with van der Waals surface area (Å²) in [6, 6.07) is 2.20. The molecule has 13 heavy (non-hydrogen) atoms. The van der Waals surface area contributed by atoms with Gasteiger partial charge in [-0.2, -0.15) is 5.26 Å². The SMILES string of the molecule is CCC(C#N)n1ccnc1C(C)C. The van der Waals surface area contributed by atoms with Crippen LogP contribution in [0.2, 0.25) is 0 Å². The van der Waals surface area contributed by atoms with Gasteiger partial charge in [-0.25, -0.2) is 4.98 Å². The molecule has 0 bridgehead atoms. The molecule has 0 saturated heterocycles. The Balaban J connectivity index is 3.00. The molecule has 3 nitrogen and oxygen atoms in total. The second kappa shape index (κ2) is 4.08. The Bertz CT molecular complexity index is 306. The van der Waals surface area contributed by atoms with E-state index in [9.17, 15) is 0 Å². The van der Waals surface area contributed by atoms with Crippen LogP contribution >= 0.6 is 0 Å². The minimum Gasteiger partial charge on any atom is -0.318 e. The third-order valence-corrected chi connectivity index (χ3v) is 2.09. The van der Waals surface area contributed by atoms with Crippen molar-refractivity contribution in [2.45, 2.75) is 39.2 Å². The largest absolute Gasteiger partial charge is 0.318 e. The first-order valence-electron chi connectivity index (χ1n) is 4.63. The van der Waals surface area contributed by atoms with Crippen LogP contribution in [0.1, 0.15) is 45.0 Å². The van der Waals surface area contributed by atoms with Crippen LogP contribution in [0.3, 0.4) is 0 Å². The van der Waals surface area contributed by atoms with Crippen LogP contribution < -0.4 is 0 Å². The Hall–Kier alpha value is -1.30. The topological polar surface area (TPSA) is 41.6 Å². The van der Waals surface area contributed by atoms with Crippen molar-refractivity contribution in [2.24, 2.45) is 0 Å². The summed E-state index contributed by atoms with van der Waals surface area (Å²) in [6.45, 7) is 6.18. The zero-order chi connectivity index (χ0) is 9.84. The maximum absolute atomic E-state index is 8.91. The molecule has 0 aliphatic rings. The molecule has 0 amide bonds. The molecule has 0 radical (unpaired) electrons. The normalized spacial score (nSPS) is 12.8. The number of aromatic nitrogens is 2. The molecule has 3 heteroatoms. The summed E-state index contributed by atoms with van der Waals surface area (Å²) in [5, 5.41) is 8.91. The van der Waals surface area contributed by atoms with Gasteiger partial charge in [-0.1, -0.05) is 20.8 Å². The van der Waals surface area contributed by atoms with Gasteiger partial charge in [-0.05, 0) is 6.42 Å². The fourth-order valence-corrected chi connectivity index (χ4v) is 1.39. The Labute approximate surface area is 79.0 Å². The van der Waals surface area contributed by atoms with Crippen LogP contribution in [0.5, 0.6) is 0 Å². The average molecular weight is 177 g/mol. The molecule has 1 atom stereocenters. The highest BCUT2D eigenvalue weighted by atomic mass is 15.1. The van der Waals surface area contributed by atoms with Crippen LogP contribution in [-0.2, 0) is 0 Å². The van der Waals surface area contributed by atoms with Crippen LogP contribution in [0, 0.1) is 11.3 Å². The molecule has 0 spiro atoms. The fraction of sp³-hybridized carbons (Fsp3) is 0.600. The molecule has 0 aromatic carbocycles. The van der Waals surface area contributed by atoms with Gasteiger partial charge in [0, 0.05) is 18.3 Å². The van der Waals surface area contributed by atoms with E-state index in [4.69, 9.17) is 5.26 Å². The quantitative estimate of drug-likeness (QED) is 0.711. The third-order valence-electron chi connectivity index (χ3n) is 2.09. The van der Waals surface area contributed by atoms with Crippen molar-refractivity contribution >= 4 is 0 Å². The molecule has 0 N–H and O–H groups in total. The first kappa shape index (κ1) is 9.79. The molecule has 1 aromatic heterocycles. The van der Waals surface area contributed by atoms with E-state index < -0.39 is 0 Å². The lowest BCUT2D eigenvalue weighted by atomic mass is 10.2. The van der Waals surface area contributed by atoms with Crippen LogP contribution in [0.25, 0.3) is 0 Å². The summed E-state index contributed by atoms with van der Waals surface area (Å²) in [5.41, 5.74) is 0. The number of nitriles is 1. The van der Waals surface area contributed by atoms with Crippen molar-refractivity contribution in [3.8, 4) is 6.07 Å². The molecule has 0 fully saturated rings. The summed E-state index contributed by atoms with van der Waals surface area (Å²) in [5.74, 6) is 1.37. The highest BCUT2D eigenvalue weighted by molar-refractivity contribution is 5.04. The van der Waals surface area contributed by atoms with Gasteiger partial charge >= 0.3 is 0 Å². The fourth-order valence-electron chi connectivity index (χ4n) is 1.39. The summed E-state index contributed by atoms with van der Waals surface area (Å²) < 4.78 is 1.96. The van der Waals surface area contributed by atoms with E-state index in [1.54, 1.807) is 6.20 Å². The van der Waals surface area contributed by atoms with Gasteiger partial charge in [-0.3, -0.25) is 0 Å². The molecular weight excluding hydrogens is 162 g/mol. The highest BCUT2D eigenvalue weighted by Crippen LogP contribution is 2.18. The lowest BCUT2D eigenvalue weighted by molar-refractivity contribution is 0.550. The van der Waals surface area contributed by atoms with Crippen LogP contribution in [0.15, 0.2) is 12.4 Å². The van der Waals surface area contributed by atoms with Crippen molar-refractivity contribution in [1.82, 2.24) is 9.55 Å². The minimum absolute atomic E-state index is 0.0695. The lowest BCUT2D eigenvalue weighted by Crippen LogP contribution is -2.10. The molecule has 0 saturated carbocycles. The first-order valence-corrected chi connectivity index (χ1v) is 4.63. The summed E-state index contributed by atoms with van der Waals surface area (Å²) in [7, 11) is 0. The minimum atomic E-state index is -0.0695. The highest BCUT2D eigenvalue weighted by Gasteiger charge is 2.13. The molecule has 1 heterocycles. The Morgan fingerprint density at radius 2 is 2.31 bits per heavy atom. The number of rotatable bonds is 3. The Morgan fingerprint density at radius 3 is 2.77 bits per heavy atom. The van der Waals surface area contributed by atoms with Gasteiger partial charge in [0.1, 0.15) is 11.9 Å². The van der Waals surface area contributed by atoms with Gasteiger partial charge in [0.05, 0.1) is 6.07 Å². The average Bonchev–Trinajstić information content (AvgIpc) is 2.55. The van der Waals surface area contributed by atoms with E-state index >= 15 is 0 Å².